The molecule has 3 amide bonds. The number of thioether (sulfide) groups is 1. The number of hydrogen-bond acceptors (Lipinski definition) is 10. The van der Waals surface area contributed by atoms with Gasteiger partial charge in [0.2, 0.25) is 5.43 Å². The van der Waals surface area contributed by atoms with Crippen molar-refractivity contribution in [3.05, 3.63) is 81.5 Å². The van der Waals surface area contributed by atoms with Crippen LogP contribution in [-0.4, -0.2) is 111 Å². The van der Waals surface area contributed by atoms with Crippen LogP contribution in [0.2, 0.25) is 0 Å². The molecule has 3 N–H and O–H groups in total. The minimum Gasteiger partial charge on any atom is -0.484 e. The standard InChI is InChI=1S/C34H32FN5O10S/c35-23-12-21-24(39(19-6-7-19)14-22(29(21)42)32(44)45)13-25(23)37-8-10-38(11-9-37)34(48)50-15-18-17-51-31-27(30(43)40(31)28(18)33(46)47)36-26(41)16-49-20-4-2-1-3-5-20/h1-5,12-14,19,27,31H,6-11,15-17H2,(H,36,41)(H,44,45)(H,46,47)/t27?,31-/m1/s1. The molecule has 0 bridgehead atoms. The molecule has 2 saturated heterocycles. The molecule has 1 aromatic heterocycles. The number of rotatable bonds is 10. The molecule has 0 radical (unpaired) electrons. The zero-order valence-electron chi connectivity index (χ0n) is 27.0. The van der Waals surface area contributed by atoms with E-state index in [1.54, 1.807) is 45.9 Å². The number of aromatic carboxylic acids is 1. The summed E-state index contributed by atoms with van der Waals surface area (Å²) >= 11 is 1.24. The highest BCUT2D eigenvalue weighted by atomic mass is 32.2. The van der Waals surface area contributed by atoms with Gasteiger partial charge in [0.1, 0.15) is 40.8 Å². The Morgan fingerprint density at radius 3 is 2.37 bits per heavy atom. The van der Waals surface area contributed by atoms with Gasteiger partial charge < -0.3 is 39.4 Å². The molecule has 3 aromatic rings. The molecule has 51 heavy (non-hydrogen) atoms. The summed E-state index contributed by atoms with van der Waals surface area (Å²) in [4.78, 5) is 79.4. The molecular weight excluding hydrogens is 689 g/mol. The number of β-lactam (4-membered cyclic amide) rings is 1. The number of carboxylic acids is 2. The van der Waals surface area contributed by atoms with Gasteiger partial charge in [0.25, 0.3) is 11.8 Å². The van der Waals surface area contributed by atoms with Gasteiger partial charge in [-0.3, -0.25) is 19.3 Å². The first-order chi connectivity index (χ1) is 24.5. The van der Waals surface area contributed by atoms with E-state index in [1.807, 2.05) is 0 Å². The number of para-hydroxylation sites is 1. The van der Waals surface area contributed by atoms with Gasteiger partial charge in [-0.15, -0.1) is 11.8 Å². The topological polar surface area (TPSA) is 188 Å². The average Bonchev–Trinajstić information content (AvgIpc) is 3.97. The quantitative estimate of drug-likeness (QED) is 0.260. The van der Waals surface area contributed by atoms with Crippen LogP contribution in [0.3, 0.4) is 0 Å². The highest BCUT2D eigenvalue weighted by Gasteiger charge is 2.54. The van der Waals surface area contributed by atoms with Crippen molar-refractivity contribution in [1.29, 1.82) is 0 Å². The number of ether oxygens (including phenoxy) is 2. The van der Waals surface area contributed by atoms with E-state index in [1.165, 1.54) is 22.9 Å². The predicted octanol–water partition coefficient (Wildman–Crippen LogP) is 2.25. The highest BCUT2D eigenvalue weighted by molar-refractivity contribution is 8.00. The third kappa shape index (κ3) is 6.56. The zero-order valence-corrected chi connectivity index (χ0v) is 27.8. The minimum atomic E-state index is -1.37. The van der Waals surface area contributed by atoms with Crippen LogP contribution in [0.15, 0.2) is 64.7 Å². The van der Waals surface area contributed by atoms with E-state index in [2.05, 4.69) is 5.32 Å². The van der Waals surface area contributed by atoms with E-state index in [0.717, 1.165) is 23.8 Å². The molecule has 4 heterocycles. The van der Waals surface area contributed by atoms with Crippen molar-refractivity contribution in [1.82, 2.24) is 19.7 Å². The van der Waals surface area contributed by atoms with Gasteiger partial charge >= 0.3 is 18.0 Å². The van der Waals surface area contributed by atoms with Crippen LogP contribution in [0.5, 0.6) is 5.75 Å². The summed E-state index contributed by atoms with van der Waals surface area (Å²) in [7, 11) is 0. The lowest BCUT2D eigenvalue weighted by molar-refractivity contribution is -0.151. The fourth-order valence-electron chi connectivity index (χ4n) is 6.45. The number of fused-ring (bicyclic) bond motifs is 2. The SMILES string of the molecule is O=C(COc1ccccc1)NC1C(=O)N2C(C(=O)O)=C(COC(=O)N3CCN(c4cc5c(cc4F)c(=O)c(C(=O)O)cn5C4CC4)CC3)CS[C@H]12. The van der Waals surface area contributed by atoms with E-state index < -0.39 is 58.1 Å². The molecular formula is C34H32FN5O10S. The molecule has 1 saturated carbocycles. The number of anilines is 1. The van der Waals surface area contributed by atoms with Crippen LogP contribution < -0.4 is 20.4 Å². The van der Waals surface area contributed by atoms with Crippen molar-refractivity contribution in [3.8, 4) is 5.75 Å². The predicted molar refractivity (Wildman–Crippen MR) is 180 cm³/mol. The Morgan fingerprint density at radius 1 is 0.980 bits per heavy atom. The number of aromatic nitrogens is 1. The number of benzene rings is 2. The average molecular weight is 722 g/mol. The lowest BCUT2D eigenvalue weighted by atomic mass is 10.0. The van der Waals surface area contributed by atoms with Gasteiger partial charge in [0.15, 0.2) is 6.61 Å². The Bertz CT molecular complexity index is 2040. The van der Waals surface area contributed by atoms with Crippen molar-refractivity contribution in [2.24, 2.45) is 0 Å². The number of carbonyl (C=O) groups is 5. The first kappa shape index (κ1) is 33.9. The normalized spacial score (nSPS) is 20.1. The molecule has 3 aliphatic heterocycles. The first-order valence-corrected chi connectivity index (χ1v) is 17.2. The van der Waals surface area contributed by atoms with Gasteiger partial charge in [-0.05, 0) is 37.1 Å². The van der Waals surface area contributed by atoms with Gasteiger partial charge in [-0.2, -0.15) is 0 Å². The molecule has 266 valence electrons. The van der Waals surface area contributed by atoms with Crippen molar-refractivity contribution < 1.29 is 48.0 Å². The lowest BCUT2D eigenvalue weighted by Crippen LogP contribution is -2.71. The Labute approximate surface area is 293 Å². The second kappa shape index (κ2) is 13.6. The highest BCUT2D eigenvalue weighted by Crippen LogP contribution is 2.41. The molecule has 7 rings (SSSR count). The van der Waals surface area contributed by atoms with Crippen molar-refractivity contribution in [2.75, 3.05) is 50.0 Å². The third-order valence-electron chi connectivity index (χ3n) is 9.20. The lowest BCUT2D eigenvalue weighted by Gasteiger charge is -2.49. The summed E-state index contributed by atoms with van der Waals surface area (Å²) in [5, 5.41) is 21.4. The number of nitrogens with zero attached hydrogens (tertiary/aromatic N) is 4. The molecule has 1 unspecified atom stereocenters. The fourth-order valence-corrected chi connectivity index (χ4v) is 7.78. The molecule has 4 aliphatic rings. The fraction of sp³-hybridized carbons (Fsp3) is 0.353. The summed E-state index contributed by atoms with van der Waals surface area (Å²) < 4.78 is 28.0. The molecule has 2 atom stereocenters. The van der Waals surface area contributed by atoms with E-state index in [-0.39, 0.29) is 73.5 Å². The van der Waals surface area contributed by atoms with E-state index in [0.29, 0.717) is 11.3 Å². The maximum absolute atomic E-state index is 15.4. The molecule has 3 fully saturated rings. The molecule has 1 aliphatic carbocycles. The maximum atomic E-state index is 15.4. The summed E-state index contributed by atoms with van der Waals surface area (Å²) in [6.07, 6.45) is 2.23. The number of aliphatic carboxylic acids is 1. The first-order valence-electron chi connectivity index (χ1n) is 16.2. The van der Waals surface area contributed by atoms with Gasteiger partial charge in [-0.1, -0.05) is 18.2 Å². The molecule has 0 spiro atoms. The number of nitrogens with one attached hydrogen (secondary N) is 1. The number of piperazine rings is 1. The van der Waals surface area contributed by atoms with Gasteiger partial charge in [0.05, 0.1) is 11.2 Å². The van der Waals surface area contributed by atoms with Crippen LogP contribution in [0, 0.1) is 5.82 Å². The zero-order chi connectivity index (χ0) is 36.0. The maximum Gasteiger partial charge on any atom is 0.410 e. The van der Waals surface area contributed by atoms with Crippen molar-refractivity contribution >= 4 is 58.2 Å². The second-order valence-corrected chi connectivity index (χ2v) is 13.6. The van der Waals surface area contributed by atoms with E-state index >= 15 is 4.39 Å². The van der Waals surface area contributed by atoms with Gasteiger partial charge in [0, 0.05) is 55.1 Å². The van der Waals surface area contributed by atoms with Gasteiger partial charge in [-0.25, -0.2) is 18.8 Å². The summed E-state index contributed by atoms with van der Waals surface area (Å²) in [5.74, 6) is -3.94. The second-order valence-electron chi connectivity index (χ2n) is 12.5. The minimum absolute atomic E-state index is 0.0128. The number of amides is 3. The van der Waals surface area contributed by atoms with Crippen LogP contribution in [0.1, 0.15) is 29.2 Å². The summed E-state index contributed by atoms with van der Waals surface area (Å²) in [6.45, 7) is 0.0756. The third-order valence-corrected chi connectivity index (χ3v) is 10.5. The number of halogens is 1. The molecule has 15 nitrogen and oxygen atoms in total. The monoisotopic (exact) mass is 721 g/mol. The van der Waals surface area contributed by atoms with Crippen molar-refractivity contribution in [3.63, 3.8) is 0 Å². The molecule has 2 aromatic carbocycles. The number of carboxylic acid groups (broad SMARTS) is 2. The van der Waals surface area contributed by atoms with E-state index in [4.69, 9.17) is 9.47 Å². The number of pyridine rings is 1. The Balaban J connectivity index is 0.962. The Kier molecular flexibility index (Phi) is 9.05. The summed E-state index contributed by atoms with van der Waals surface area (Å²) in [5.41, 5.74) is -0.578. The van der Waals surface area contributed by atoms with Crippen LogP contribution in [0.4, 0.5) is 14.9 Å². The number of carbonyl (C=O) groups excluding carboxylic acids is 3. The van der Waals surface area contributed by atoms with Crippen LogP contribution >= 0.6 is 11.8 Å². The Hall–Kier alpha value is -5.58. The van der Waals surface area contributed by atoms with Crippen LogP contribution in [-0.2, 0) is 19.1 Å². The molecule has 17 heteroatoms. The van der Waals surface area contributed by atoms with E-state index in [9.17, 15) is 39.0 Å². The smallest absolute Gasteiger partial charge is 0.410 e. The largest absolute Gasteiger partial charge is 0.484 e. The number of hydrogen-bond donors (Lipinski definition) is 3. The summed E-state index contributed by atoms with van der Waals surface area (Å²) in [6, 6.07) is 10.4. The Morgan fingerprint density at radius 2 is 1.71 bits per heavy atom. The van der Waals surface area contributed by atoms with Crippen molar-refractivity contribution in [2.45, 2.75) is 30.3 Å². The van der Waals surface area contributed by atoms with Crippen LogP contribution in [0.25, 0.3) is 10.9 Å².